The van der Waals surface area contributed by atoms with Crippen molar-refractivity contribution in [1.29, 1.82) is 5.41 Å². The van der Waals surface area contributed by atoms with Crippen LogP contribution in [-0.2, 0) is 23.2 Å². The van der Waals surface area contributed by atoms with Gasteiger partial charge in [-0.25, -0.2) is 4.98 Å². The lowest BCUT2D eigenvalue weighted by molar-refractivity contribution is -0.141. The van der Waals surface area contributed by atoms with E-state index in [9.17, 15) is 14.7 Å². The molecule has 0 radical (unpaired) electrons. The smallest absolute Gasteiger partial charge is 0.256 e. The van der Waals surface area contributed by atoms with Gasteiger partial charge in [0.05, 0.1) is 23.2 Å². The summed E-state index contributed by atoms with van der Waals surface area (Å²) in [5.74, 6) is 0.242. The number of carbonyl (C=O) groups excluding carboxylic acids is 1. The highest BCUT2D eigenvalue weighted by Crippen LogP contribution is 2.51. The van der Waals surface area contributed by atoms with E-state index in [1.54, 1.807) is 38.4 Å². The second kappa shape index (κ2) is 9.78. The van der Waals surface area contributed by atoms with Crippen molar-refractivity contribution in [3.8, 4) is 0 Å². The molecule has 1 aliphatic heterocycles. The number of amides is 1. The fourth-order valence-electron chi connectivity index (χ4n) is 5.13. The summed E-state index contributed by atoms with van der Waals surface area (Å²) in [5, 5.41) is 21.9. The van der Waals surface area contributed by atoms with Gasteiger partial charge < -0.3 is 25.7 Å². The summed E-state index contributed by atoms with van der Waals surface area (Å²) in [5.41, 5.74) is 4.12. The Morgan fingerprint density at radius 1 is 1.22 bits per heavy atom. The van der Waals surface area contributed by atoms with E-state index in [1.807, 2.05) is 24.3 Å². The second-order valence-electron chi connectivity index (χ2n) is 9.80. The van der Waals surface area contributed by atoms with Crippen LogP contribution in [0.2, 0.25) is 0 Å². The van der Waals surface area contributed by atoms with Gasteiger partial charge in [0, 0.05) is 37.5 Å². The summed E-state index contributed by atoms with van der Waals surface area (Å²) >= 11 is 0. The van der Waals surface area contributed by atoms with Crippen LogP contribution < -0.4 is 10.9 Å². The highest BCUT2D eigenvalue weighted by atomic mass is 16.3. The number of aromatic amines is 1. The SMILES string of the molecule is CN/C=C(\C(C)=N)c1cccc(C(O)C(=O)N2CCc3nc(C4(c5ccccc5)CC4)[nH]c(=O)c3C2)c1. The van der Waals surface area contributed by atoms with Crippen LogP contribution in [0.5, 0.6) is 0 Å². The first-order valence-corrected chi connectivity index (χ1v) is 12.5. The number of allylic oxidation sites excluding steroid dienone is 1. The Hall–Kier alpha value is -4.04. The van der Waals surface area contributed by atoms with Crippen molar-refractivity contribution >= 4 is 17.2 Å². The second-order valence-corrected chi connectivity index (χ2v) is 9.80. The Morgan fingerprint density at radius 3 is 2.65 bits per heavy atom. The highest BCUT2D eigenvalue weighted by Gasteiger charge is 2.48. The largest absolute Gasteiger partial charge is 0.393 e. The molecule has 8 heteroatoms. The van der Waals surface area contributed by atoms with Gasteiger partial charge in [-0.05, 0) is 42.5 Å². The molecule has 190 valence electrons. The summed E-state index contributed by atoms with van der Waals surface area (Å²) in [6.45, 7) is 2.17. The Bertz CT molecular complexity index is 1440. The molecule has 8 nitrogen and oxygen atoms in total. The molecule has 5 rings (SSSR count). The van der Waals surface area contributed by atoms with Gasteiger partial charge in [0.1, 0.15) is 5.82 Å². The number of aliphatic hydroxyl groups excluding tert-OH is 1. The van der Waals surface area contributed by atoms with Crippen LogP contribution in [0, 0.1) is 5.41 Å². The molecule has 3 aromatic rings. The Kier molecular flexibility index (Phi) is 6.52. The molecule has 37 heavy (non-hydrogen) atoms. The van der Waals surface area contributed by atoms with E-state index in [0.29, 0.717) is 41.2 Å². The Balaban J connectivity index is 1.37. The number of nitrogens with zero attached hydrogens (tertiary/aromatic N) is 2. The van der Waals surface area contributed by atoms with E-state index in [0.717, 1.165) is 29.7 Å². The van der Waals surface area contributed by atoms with Crippen LogP contribution in [0.25, 0.3) is 5.57 Å². The summed E-state index contributed by atoms with van der Waals surface area (Å²) in [6, 6.07) is 17.1. The number of H-pyrrole nitrogens is 1. The predicted octanol–water partition coefficient (Wildman–Crippen LogP) is 3.07. The zero-order valence-electron chi connectivity index (χ0n) is 21.0. The van der Waals surface area contributed by atoms with E-state index in [-0.39, 0.29) is 17.5 Å². The van der Waals surface area contributed by atoms with Crippen LogP contribution in [0.1, 0.15) is 59.6 Å². The zero-order valence-corrected chi connectivity index (χ0v) is 21.0. The van der Waals surface area contributed by atoms with Crippen LogP contribution in [-0.4, -0.2) is 45.2 Å². The van der Waals surface area contributed by atoms with Crippen molar-refractivity contribution in [2.75, 3.05) is 13.6 Å². The quantitative estimate of drug-likeness (QED) is 0.374. The maximum absolute atomic E-state index is 13.3. The number of fused-ring (bicyclic) bond motifs is 1. The van der Waals surface area contributed by atoms with Gasteiger partial charge in [-0.2, -0.15) is 0 Å². The van der Waals surface area contributed by atoms with Gasteiger partial charge in [-0.15, -0.1) is 0 Å². The molecule has 1 saturated carbocycles. The molecule has 2 aliphatic rings. The molecule has 1 atom stereocenters. The van der Waals surface area contributed by atoms with Crippen molar-refractivity contribution in [2.24, 2.45) is 0 Å². The summed E-state index contributed by atoms with van der Waals surface area (Å²) in [4.78, 5) is 35.7. The third kappa shape index (κ3) is 4.60. The topological polar surface area (TPSA) is 122 Å². The third-order valence-corrected chi connectivity index (χ3v) is 7.35. The van der Waals surface area contributed by atoms with Crippen molar-refractivity contribution in [3.63, 3.8) is 0 Å². The van der Waals surface area contributed by atoms with Crippen molar-refractivity contribution in [1.82, 2.24) is 20.2 Å². The lowest BCUT2D eigenvalue weighted by Crippen LogP contribution is -2.42. The molecule has 1 aromatic heterocycles. The van der Waals surface area contributed by atoms with Crippen molar-refractivity contribution in [2.45, 2.75) is 44.2 Å². The number of aliphatic hydroxyl groups is 1. The average molecular weight is 498 g/mol. The molecule has 1 aliphatic carbocycles. The van der Waals surface area contributed by atoms with E-state index in [2.05, 4.69) is 22.4 Å². The van der Waals surface area contributed by atoms with Crippen LogP contribution in [0.4, 0.5) is 0 Å². The molecule has 1 unspecified atom stereocenters. The molecule has 0 saturated heterocycles. The zero-order chi connectivity index (χ0) is 26.2. The standard InChI is InChI=1S/C29H31N5O3/c1-18(30)22(16-31-2)19-7-6-8-20(15-19)25(35)27(37)34-14-11-24-23(17-34)26(36)33-28(32-24)29(12-13-29)21-9-4-3-5-10-21/h3-10,15-16,25,30-31,35H,11-14,17H2,1-2H3,(H,32,33,36)/b22-16+,30-18?. The minimum absolute atomic E-state index is 0.108. The monoisotopic (exact) mass is 497 g/mol. The third-order valence-electron chi connectivity index (χ3n) is 7.35. The molecule has 1 fully saturated rings. The lowest BCUT2D eigenvalue weighted by Gasteiger charge is -2.30. The molecule has 2 heterocycles. The first-order chi connectivity index (χ1) is 17.8. The van der Waals surface area contributed by atoms with Crippen molar-refractivity contribution < 1.29 is 9.90 Å². The van der Waals surface area contributed by atoms with Crippen LogP contribution in [0.15, 0.2) is 65.6 Å². The number of nitrogens with one attached hydrogen (secondary N) is 3. The fourth-order valence-corrected chi connectivity index (χ4v) is 5.13. The molecular formula is C29H31N5O3. The van der Waals surface area contributed by atoms with Gasteiger partial charge in [0.15, 0.2) is 6.10 Å². The fraction of sp³-hybridized carbons (Fsp3) is 0.310. The summed E-state index contributed by atoms with van der Waals surface area (Å²) in [7, 11) is 1.75. The first kappa shape index (κ1) is 24.6. The maximum Gasteiger partial charge on any atom is 0.256 e. The van der Waals surface area contributed by atoms with Crippen molar-refractivity contribution in [3.05, 3.63) is 105 Å². The summed E-state index contributed by atoms with van der Waals surface area (Å²) < 4.78 is 0. The minimum atomic E-state index is -1.37. The molecule has 0 bridgehead atoms. The van der Waals surface area contributed by atoms with Gasteiger partial charge in [0.2, 0.25) is 0 Å². The molecule has 1 amide bonds. The number of hydrogen-bond donors (Lipinski definition) is 4. The average Bonchev–Trinajstić information content (AvgIpc) is 3.73. The number of rotatable bonds is 7. The summed E-state index contributed by atoms with van der Waals surface area (Å²) in [6.07, 6.45) is 2.68. The molecular weight excluding hydrogens is 466 g/mol. The Labute approximate surface area is 215 Å². The minimum Gasteiger partial charge on any atom is -0.393 e. The van der Waals surface area contributed by atoms with Crippen LogP contribution >= 0.6 is 0 Å². The number of aromatic nitrogens is 2. The maximum atomic E-state index is 13.3. The molecule has 4 N–H and O–H groups in total. The van der Waals surface area contributed by atoms with E-state index >= 15 is 0 Å². The van der Waals surface area contributed by atoms with Gasteiger partial charge >= 0.3 is 0 Å². The van der Waals surface area contributed by atoms with Gasteiger partial charge in [-0.3, -0.25) is 9.59 Å². The Morgan fingerprint density at radius 2 is 1.97 bits per heavy atom. The lowest BCUT2D eigenvalue weighted by atomic mass is 9.94. The number of carbonyl (C=O) groups is 1. The van der Waals surface area contributed by atoms with Crippen LogP contribution in [0.3, 0.4) is 0 Å². The molecule has 0 spiro atoms. The number of benzene rings is 2. The number of hydrogen-bond acceptors (Lipinski definition) is 6. The molecule has 2 aromatic carbocycles. The van der Waals surface area contributed by atoms with Gasteiger partial charge in [0.25, 0.3) is 11.5 Å². The van der Waals surface area contributed by atoms with E-state index < -0.39 is 12.0 Å². The highest BCUT2D eigenvalue weighted by molar-refractivity contribution is 6.21. The van der Waals surface area contributed by atoms with E-state index in [4.69, 9.17) is 10.4 Å². The predicted molar refractivity (Wildman–Crippen MR) is 142 cm³/mol. The van der Waals surface area contributed by atoms with Gasteiger partial charge in [-0.1, -0.05) is 48.5 Å². The first-order valence-electron chi connectivity index (χ1n) is 12.5. The normalized spacial score (nSPS) is 17.1. The van der Waals surface area contributed by atoms with E-state index in [1.165, 1.54) is 4.90 Å².